The Kier molecular flexibility index (Phi) is 5.40. The van der Waals surface area contributed by atoms with E-state index in [4.69, 9.17) is 5.11 Å². The number of nitrogens with zero attached hydrogens (tertiary/aromatic N) is 1. The maximum atomic E-state index is 12.7. The van der Waals surface area contributed by atoms with E-state index < -0.39 is 11.7 Å². The number of aliphatic hydroxyl groups is 1. The van der Waals surface area contributed by atoms with Crippen molar-refractivity contribution >= 4 is 5.82 Å². The highest BCUT2D eigenvalue weighted by atomic mass is 19.4. The fourth-order valence-corrected chi connectivity index (χ4v) is 1.65. The molecule has 6 heteroatoms. The molecule has 1 aromatic rings. The van der Waals surface area contributed by atoms with E-state index in [1.807, 2.05) is 6.92 Å². The van der Waals surface area contributed by atoms with Gasteiger partial charge in [-0.25, -0.2) is 4.98 Å². The summed E-state index contributed by atoms with van der Waals surface area (Å²) in [6.45, 7) is 2.34. The zero-order valence-corrected chi connectivity index (χ0v) is 10.2. The van der Waals surface area contributed by atoms with E-state index in [1.54, 1.807) is 0 Å². The van der Waals surface area contributed by atoms with Crippen LogP contribution in [0, 0.1) is 5.92 Å². The monoisotopic (exact) mass is 262 g/mol. The van der Waals surface area contributed by atoms with Gasteiger partial charge >= 0.3 is 6.18 Å². The minimum atomic E-state index is -4.41. The predicted octanol–water partition coefficient (Wildman–Crippen LogP) is 2.92. The van der Waals surface area contributed by atoms with Crippen LogP contribution in [0.1, 0.15) is 25.3 Å². The Hall–Kier alpha value is -1.30. The number of hydrogen-bond acceptors (Lipinski definition) is 3. The summed E-state index contributed by atoms with van der Waals surface area (Å²) in [5.74, 6) is -0.0144. The van der Waals surface area contributed by atoms with E-state index in [1.165, 1.54) is 12.3 Å². The van der Waals surface area contributed by atoms with E-state index in [9.17, 15) is 13.2 Å². The van der Waals surface area contributed by atoms with Gasteiger partial charge in [-0.1, -0.05) is 13.3 Å². The number of alkyl halides is 3. The van der Waals surface area contributed by atoms with Crippen molar-refractivity contribution in [3.05, 3.63) is 23.9 Å². The average molecular weight is 262 g/mol. The highest BCUT2D eigenvalue weighted by Gasteiger charge is 2.34. The maximum absolute atomic E-state index is 12.7. The number of aliphatic hydroxyl groups excluding tert-OH is 1. The molecule has 102 valence electrons. The number of halogens is 3. The Labute approximate surface area is 104 Å². The molecule has 2 N–H and O–H groups in total. The number of rotatable bonds is 6. The van der Waals surface area contributed by atoms with Crippen LogP contribution in [0.15, 0.2) is 18.3 Å². The van der Waals surface area contributed by atoms with Gasteiger partial charge in [-0.05, 0) is 24.5 Å². The second kappa shape index (κ2) is 6.58. The van der Waals surface area contributed by atoms with Crippen LogP contribution in [0.3, 0.4) is 0 Å². The standard InChI is InChI=1S/C12H17F3N2O/c1-2-9(5-7-18)8-17-11-10(12(13,14)15)4-3-6-16-11/h3-4,6,9,18H,2,5,7-8H2,1H3,(H,16,17). The highest BCUT2D eigenvalue weighted by molar-refractivity contribution is 5.45. The fraction of sp³-hybridized carbons (Fsp3) is 0.583. The smallest absolute Gasteiger partial charge is 0.396 e. The molecule has 0 aliphatic rings. The van der Waals surface area contributed by atoms with Gasteiger partial charge in [0.05, 0.1) is 5.56 Å². The summed E-state index contributed by atoms with van der Waals surface area (Å²) in [6, 6.07) is 2.27. The minimum Gasteiger partial charge on any atom is -0.396 e. The summed E-state index contributed by atoms with van der Waals surface area (Å²) in [6.07, 6.45) is -1.72. The first kappa shape index (κ1) is 14.8. The van der Waals surface area contributed by atoms with Gasteiger partial charge in [0.15, 0.2) is 0 Å². The Bertz CT molecular complexity index is 369. The molecule has 3 nitrogen and oxygen atoms in total. The van der Waals surface area contributed by atoms with E-state index in [-0.39, 0.29) is 18.3 Å². The molecular formula is C12H17F3N2O. The lowest BCUT2D eigenvalue weighted by atomic mass is 10.0. The topological polar surface area (TPSA) is 45.1 Å². The summed E-state index contributed by atoms with van der Waals surface area (Å²) < 4.78 is 38.0. The lowest BCUT2D eigenvalue weighted by molar-refractivity contribution is -0.137. The van der Waals surface area contributed by atoms with Crippen molar-refractivity contribution in [1.82, 2.24) is 4.98 Å². The van der Waals surface area contributed by atoms with E-state index in [0.29, 0.717) is 13.0 Å². The minimum absolute atomic E-state index is 0.0362. The van der Waals surface area contributed by atoms with Gasteiger partial charge in [-0.15, -0.1) is 0 Å². The average Bonchev–Trinajstić information content (AvgIpc) is 2.33. The third-order valence-corrected chi connectivity index (χ3v) is 2.79. The number of nitrogens with one attached hydrogen (secondary N) is 1. The van der Waals surface area contributed by atoms with Gasteiger partial charge in [0, 0.05) is 19.3 Å². The van der Waals surface area contributed by atoms with Crippen LogP contribution in [0.5, 0.6) is 0 Å². The van der Waals surface area contributed by atoms with E-state index in [2.05, 4.69) is 10.3 Å². The van der Waals surface area contributed by atoms with Crippen LogP contribution in [0.2, 0.25) is 0 Å². The molecule has 1 atom stereocenters. The van der Waals surface area contributed by atoms with Crippen molar-refractivity contribution in [2.75, 3.05) is 18.5 Å². The molecule has 0 fully saturated rings. The molecule has 0 aromatic carbocycles. The molecule has 0 aliphatic carbocycles. The largest absolute Gasteiger partial charge is 0.419 e. The Morgan fingerprint density at radius 3 is 2.72 bits per heavy atom. The zero-order valence-electron chi connectivity index (χ0n) is 10.2. The van der Waals surface area contributed by atoms with Crippen molar-refractivity contribution in [3.63, 3.8) is 0 Å². The van der Waals surface area contributed by atoms with Gasteiger partial charge in [0.1, 0.15) is 5.82 Å². The molecule has 0 bridgehead atoms. The van der Waals surface area contributed by atoms with Crippen molar-refractivity contribution in [2.45, 2.75) is 25.9 Å². The predicted molar refractivity (Wildman–Crippen MR) is 63.2 cm³/mol. The fourth-order valence-electron chi connectivity index (χ4n) is 1.65. The number of aromatic nitrogens is 1. The van der Waals surface area contributed by atoms with Crippen molar-refractivity contribution in [3.8, 4) is 0 Å². The summed E-state index contributed by atoms with van der Waals surface area (Å²) in [5.41, 5.74) is -0.760. The zero-order chi connectivity index (χ0) is 13.6. The highest BCUT2D eigenvalue weighted by Crippen LogP contribution is 2.33. The van der Waals surface area contributed by atoms with Gasteiger partial charge in [0.2, 0.25) is 0 Å². The summed E-state index contributed by atoms with van der Waals surface area (Å²) >= 11 is 0. The summed E-state index contributed by atoms with van der Waals surface area (Å²) in [5, 5.41) is 11.5. The SMILES string of the molecule is CCC(CCO)CNc1ncccc1C(F)(F)F. The van der Waals surface area contributed by atoms with Crippen LogP contribution < -0.4 is 5.32 Å². The molecule has 0 radical (unpaired) electrons. The van der Waals surface area contributed by atoms with Crippen LogP contribution >= 0.6 is 0 Å². The number of pyridine rings is 1. The van der Waals surface area contributed by atoms with Crippen molar-refractivity contribution in [1.29, 1.82) is 0 Å². The second-order valence-corrected chi connectivity index (χ2v) is 4.06. The van der Waals surface area contributed by atoms with E-state index >= 15 is 0 Å². The Morgan fingerprint density at radius 1 is 1.44 bits per heavy atom. The lowest BCUT2D eigenvalue weighted by Crippen LogP contribution is -2.18. The van der Waals surface area contributed by atoms with Crippen molar-refractivity contribution < 1.29 is 18.3 Å². The van der Waals surface area contributed by atoms with Crippen LogP contribution in [-0.2, 0) is 6.18 Å². The maximum Gasteiger partial charge on any atom is 0.419 e. The van der Waals surface area contributed by atoms with Crippen LogP contribution in [0.25, 0.3) is 0 Å². The van der Waals surface area contributed by atoms with Crippen LogP contribution in [-0.4, -0.2) is 23.2 Å². The van der Waals surface area contributed by atoms with Gasteiger partial charge in [-0.2, -0.15) is 13.2 Å². The molecule has 18 heavy (non-hydrogen) atoms. The third-order valence-electron chi connectivity index (χ3n) is 2.79. The summed E-state index contributed by atoms with van der Waals surface area (Å²) in [4.78, 5) is 3.72. The van der Waals surface area contributed by atoms with Gasteiger partial charge in [-0.3, -0.25) is 0 Å². The number of anilines is 1. The van der Waals surface area contributed by atoms with Crippen LogP contribution in [0.4, 0.5) is 19.0 Å². The number of hydrogen-bond donors (Lipinski definition) is 2. The second-order valence-electron chi connectivity index (χ2n) is 4.06. The first-order valence-corrected chi connectivity index (χ1v) is 5.86. The molecule has 1 unspecified atom stereocenters. The van der Waals surface area contributed by atoms with E-state index in [0.717, 1.165) is 12.5 Å². The molecule has 0 saturated carbocycles. The molecule has 0 amide bonds. The third kappa shape index (κ3) is 4.18. The Balaban J connectivity index is 2.73. The van der Waals surface area contributed by atoms with Gasteiger partial charge in [0.25, 0.3) is 0 Å². The molecule has 1 aromatic heterocycles. The lowest BCUT2D eigenvalue weighted by Gasteiger charge is -2.17. The Morgan fingerprint density at radius 2 is 2.17 bits per heavy atom. The summed E-state index contributed by atoms with van der Waals surface area (Å²) in [7, 11) is 0. The molecule has 1 rings (SSSR count). The first-order chi connectivity index (χ1) is 8.49. The molecule has 0 spiro atoms. The van der Waals surface area contributed by atoms with Crippen molar-refractivity contribution in [2.24, 2.45) is 5.92 Å². The van der Waals surface area contributed by atoms with Gasteiger partial charge < -0.3 is 10.4 Å². The molecular weight excluding hydrogens is 245 g/mol. The quantitative estimate of drug-likeness (QED) is 0.828. The molecule has 1 heterocycles. The first-order valence-electron chi connectivity index (χ1n) is 5.86. The normalized spacial score (nSPS) is 13.4. The molecule has 0 saturated heterocycles. The molecule has 0 aliphatic heterocycles.